The summed E-state index contributed by atoms with van der Waals surface area (Å²) in [4.78, 5) is 18.4. The van der Waals surface area contributed by atoms with Crippen molar-refractivity contribution in [2.45, 2.75) is 51.6 Å². The molecule has 4 aliphatic rings. The van der Waals surface area contributed by atoms with E-state index >= 15 is 0 Å². The number of nitrogens with two attached hydrogens (primary N) is 1. The van der Waals surface area contributed by atoms with Crippen LogP contribution in [0.3, 0.4) is 0 Å². The van der Waals surface area contributed by atoms with Gasteiger partial charge in [0, 0.05) is 36.5 Å². The molecule has 8 atom stereocenters. The Balaban J connectivity index is 1.73. The van der Waals surface area contributed by atoms with Gasteiger partial charge in [-0.15, -0.1) is 0 Å². The Labute approximate surface area is 232 Å². The van der Waals surface area contributed by atoms with Gasteiger partial charge in [-0.05, 0) is 75.4 Å². The number of aliphatic hydroxyl groups is 1. The standard InChI is InChI=1S/C31H46N4O4/c1-5-39-19-29(38)17-30-20(2)13-22(14-21-9-7-6-8-10-21)24(15-25(30)26(29)27(36)37)31(30)18-35(28(32)34-4)12-11-23(31)16-33-3/h6-10,20,22-24,33,38H,5,11-19H2,1-4H3,(H2,32,34)(H,36,37)/t20-,22-,23-,24+,29+,30+,31-/m1/s1. The zero-order chi connectivity index (χ0) is 28.0. The van der Waals surface area contributed by atoms with E-state index in [0.717, 1.165) is 44.5 Å². The lowest BCUT2D eigenvalue weighted by molar-refractivity contribution is -0.829. The zero-order valence-corrected chi connectivity index (χ0v) is 24.0. The van der Waals surface area contributed by atoms with Gasteiger partial charge in [0.1, 0.15) is 5.60 Å². The summed E-state index contributed by atoms with van der Waals surface area (Å²) in [7, 11) is 3.75. The smallest absolute Gasteiger partial charge is 0.293 e. The average molecular weight is 539 g/mol. The van der Waals surface area contributed by atoms with Crippen LogP contribution in [-0.4, -0.2) is 69.6 Å². The highest BCUT2D eigenvalue weighted by atomic mass is 16.5. The van der Waals surface area contributed by atoms with Crippen LogP contribution in [0.1, 0.15) is 45.1 Å². The molecule has 8 nitrogen and oxygen atoms in total. The first kappa shape index (κ1) is 28.3. The fourth-order valence-corrected chi connectivity index (χ4v) is 9.86. The number of piperidine rings is 1. The number of ether oxygens (including phenoxy) is 1. The van der Waals surface area contributed by atoms with Crippen molar-refractivity contribution < 1.29 is 24.6 Å². The molecule has 2 saturated carbocycles. The van der Waals surface area contributed by atoms with Gasteiger partial charge in [-0.1, -0.05) is 42.8 Å². The molecule has 39 heavy (non-hydrogen) atoms. The molecule has 2 spiro atoms. The third kappa shape index (κ3) is 4.17. The maximum atomic E-state index is 12.8. The van der Waals surface area contributed by atoms with E-state index < -0.39 is 17.0 Å². The van der Waals surface area contributed by atoms with Crippen molar-refractivity contribution in [2.24, 2.45) is 45.2 Å². The molecule has 5 N–H and O–H groups in total. The maximum Gasteiger partial charge on any atom is 0.293 e. The van der Waals surface area contributed by atoms with Gasteiger partial charge >= 0.3 is 0 Å². The van der Waals surface area contributed by atoms with Gasteiger partial charge in [0.15, 0.2) is 0 Å². The number of nitrogens with one attached hydrogen (secondary N) is 2. The van der Waals surface area contributed by atoms with E-state index in [9.17, 15) is 15.0 Å². The molecule has 5 rings (SSSR count). The summed E-state index contributed by atoms with van der Waals surface area (Å²) in [5.74, 6) is 0.527. The average Bonchev–Trinajstić information content (AvgIpc) is 3.29. The fourth-order valence-electron chi connectivity index (χ4n) is 9.86. The Bertz CT molecular complexity index is 1140. The van der Waals surface area contributed by atoms with Crippen LogP contribution in [0.5, 0.6) is 0 Å². The first-order chi connectivity index (χ1) is 18.7. The van der Waals surface area contributed by atoms with Crippen LogP contribution < -0.4 is 21.1 Å². The van der Waals surface area contributed by atoms with Crippen molar-refractivity contribution >= 4 is 11.9 Å². The Morgan fingerprint density at radius 2 is 2.08 bits per heavy atom. The lowest BCUT2D eigenvalue weighted by atomic mass is 9.43. The number of guanidine groups is 1. The number of carboxylic acids is 1. The highest BCUT2D eigenvalue weighted by Crippen LogP contribution is 2.77. The lowest BCUT2D eigenvalue weighted by Crippen LogP contribution is -3.19. The minimum atomic E-state index is -1.56. The molecule has 0 aromatic heterocycles. The van der Waals surface area contributed by atoms with Gasteiger partial charge in [-0.2, -0.15) is 0 Å². The summed E-state index contributed by atoms with van der Waals surface area (Å²) in [6.45, 7) is 7.09. The number of nitrogens with zero attached hydrogens (tertiary/aromatic N) is 1. The normalized spacial score (nSPS) is 39.8. The van der Waals surface area contributed by atoms with Crippen LogP contribution in [0.25, 0.3) is 0 Å². The summed E-state index contributed by atoms with van der Waals surface area (Å²) in [6.07, 6.45) is 3.97. The predicted molar refractivity (Wildman–Crippen MR) is 149 cm³/mol. The van der Waals surface area contributed by atoms with Crippen LogP contribution in [0.4, 0.5) is 0 Å². The van der Waals surface area contributed by atoms with Gasteiger partial charge in [0.05, 0.1) is 25.7 Å². The molecule has 214 valence electrons. The molecule has 1 aromatic rings. The maximum absolute atomic E-state index is 12.8. The quantitative estimate of drug-likeness (QED) is 0.276. The molecular formula is C31H46N4O4. The number of carbonyl (C=O) groups excluding carboxylic acids is 1. The SMILES string of the molecule is CCOC[C@@]1(O)C[C@@]23C(=C1C(=O)[O-])C[C@@H]([C@@H](Cc1ccccc1)C[C@H]2C)[C@]31C[NH+](C(N)=NC)CC[C@@H]1CNC. The third-order valence-corrected chi connectivity index (χ3v) is 11.0. The Kier molecular flexibility index (Phi) is 7.70. The van der Waals surface area contributed by atoms with E-state index in [1.807, 2.05) is 14.0 Å². The second-order valence-electron chi connectivity index (χ2n) is 12.6. The summed E-state index contributed by atoms with van der Waals surface area (Å²) >= 11 is 0. The molecule has 8 heteroatoms. The molecule has 1 unspecified atom stereocenters. The number of rotatable bonds is 8. The third-order valence-electron chi connectivity index (χ3n) is 11.0. The number of aliphatic carboxylic acids is 1. The molecule has 2 bridgehead atoms. The number of carboxylic acid groups (broad SMARTS) is 1. The number of carbonyl (C=O) groups is 1. The second-order valence-corrected chi connectivity index (χ2v) is 12.6. The van der Waals surface area contributed by atoms with Crippen molar-refractivity contribution in [3.8, 4) is 0 Å². The lowest BCUT2D eigenvalue weighted by Gasteiger charge is -2.62. The van der Waals surface area contributed by atoms with Gasteiger partial charge in [0.2, 0.25) is 0 Å². The molecular weight excluding hydrogens is 492 g/mol. The number of benzene rings is 1. The molecule has 3 fully saturated rings. The number of likely N-dealkylation sites (tertiary alicyclic amines) is 1. The van der Waals surface area contributed by atoms with Crippen molar-refractivity contribution in [3.63, 3.8) is 0 Å². The minimum Gasteiger partial charge on any atom is -0.545 e. The van der Waals surface area contributed by atoms with E-state index in [4.69, 9.17) is 10.5 Å². The Morgan fingerprint density at radius 3 is 2.72 bits per heavy atom. The molecule has 1 aliphatic heterocycles. The van der Waals surface area contributed by atoms with Crippen molar-refractivity contribution in [2.75, 3.05) is 46.9 Å². The largest absolute Gasteiger partial charge is 0.545 e. The molecule has 1 saturated heterocycles. The van der Waals surface area contributed by atoms with E-state index in [-0.39, 0.29) is 29.4 Å². The van der Waals surface area contributed by atoms with E-state index in [2.05, 4.69) is 47.6 Å². The van der Waals surface area contributed by atoms with Gasteiger partial charge < -0.3 is 30.8 Å². The summed E-state index contributed by atoms with van der Waals surface area (Å²) in [5.41, 5.74) is 6.57. The summed E-state index contributed by atoms with van der Waals surface area (Å²) in [6, 6.07) is 10.7. The van der Waals surface area contributed by atoms with Crippen LogP contribution in [0.15, 0.2) is 46.5 Å². The zero-order valence-electron chi connectivity index (χ0n) is 24.0. The summed E-state index contributed by atoms with van der Waals surface area (Å²) in [5, 5.41) is 28.4. The molecule has 0 radical (unpaired) electrons. The van der Waals surface area contributed by atoms with Crippen molar-refractivity contribution in [1.29, 1.82) is 0 Å². The van der Waals surface area contributed by atoms with Crippen molar-refractivity contribution in [1.82, 2.24) is 5.32 Å². The number of quaternary nitrogens is 1. The number of hydrogen-bond donors (Lipinski definition) is 4. The molecule has 0 amide bonds. The van der Waals surface area contributed by atoms with Gasteiger partial charge in [-0.25, -0.2) is 4.99 Å². The first-order valence-electron chi connectivity index (χ1n) is 14.7. The number of hydrogen-bond acceptors (Lipinski definition) is 6. The van der Waals surface area contributed by atoms with Crippen LogP contribution >= 0.6 is 0 Å². The van der Waals surface area contributed by atoms with Crippen molar-refractivity contribution in [3.05, 3.63) is 47.0 Å². The Hall–Kier alpha value is -2.26. The van der Waals surface area contributed by atoms with Gasteiger partial charge in [-0.3, -0.25) is 4.90 Å². The predicted octanol–water partition coefficient (Wildman–Crippen LogP) is 0.164. The Morgan fingerprint density at radius 1 is 1.33 bits per heavy atom. The van der Waals surface area contributed by atoms with E-state index in [1.54, 1.807) is 7.05 Å². The first-order valence-corrected chi connectivity index (χ1v) is 14.7. The van der Waals surface area contributed by atoms with Crippen LogP contribution in [-0.2, 0) is 16.0 Å². The molecule has 1 heterocycles. The van der Waals surface area contributed by atoms with E-state index in [1.165, 1.54) is 10.5 Å². The molecule has 1 aromatic carbocycles. The molecule has 3 aliphatic carbocycles. The topological polar surface area (TPSA) is 124 Å². The highest BCUT2D eigenvalue weighted by Gasteiger charge is 2.77. The monoisotopic (exact) mass is 538 g/mol. The highest BCUT2D eigenvalue weighted by molar-refractivity contribution is 5.90. The number of aliphatic imine (C=N–C) groups is 1. The second kappa shape index (κ2) is 10.6. The number of allylic oxidation sites excluding steroid dienone is 1. The van der Waals surface area contributed by atoms with Crippen LogP contribution in [0, 0.1) is 34.5 Å². The minimum absolute atomic E-state index is 0.0230. The summed E-state index contributed by atoms with van der Waals surface area (Å²) < 4.78 is 5.73. The van der Waals surface area contributed by atoms with Crippen LogP contribution in [0.2, 0.25) is 0 Å². The fraction of sp³-hybridized carbons (Fsp3) is 0.677. The van der Waals surface area contributed by atoms with E-state index in [0.29, 0.717) is 37.2 Å². The van der Waals surface area contributed by atoms with Gasteiger partial charge in [0.25, 0.3) is 5.96 Å².